The molecule has 0 unspecified atom stereocenters. The van der Waals surface area contributed by atoms with Gasteiger partial charge in [-0.3, -0.25) is 0 Å². The standard InChI is InChI=1S/C5H11O2.2C4H9.Sn/c1-7-5-3-2-4-6;2*1-3-4-2;/h2-5H2,1H3;2*1,3-4H2,2H3;/q-1;;;+2. The molecule has 0 aromatic carbocycles. The fraction of sp³-hybridized carbons (Fsp3) is 1.00. The van der Waals surface area contributed by atoms with Crippen molar-refractivity contribution in [2.24, 2.45) is 0 Å². The van der Waals surface area contributed by atoms with E-state index in [0.717, 1.165) is 19.6 Å². The van der Waals surface area contributed by atoms with Crippen molar-refractivity contribution >= 4 is 20.2 Å². The number of rotatable bonds is 12. The molecule has 0 saturated carbocycles. The van der Waals surface area contributed by atoms with Crippen LogP contribution in [0.15, 0.2) is 0 Å². The zero-order valence-corrected chi connectivity index (χ0v) is 14.2. The van der Waals surface area contributed by atoms with Gasteiger partial charge in [-0.15, -0.1) is 0 Å². The Labute approximate surface area is 109 Å². The number of unbranched alkanes of at least 4 members (excludes halogenated alkanes) is 3. The predicted octanol–water partition coefficient (Wildman–Crippen LogP) is 4.02. The van der Waals surface area contributed by atoms with Crippen LogP contribution in [0.3, 0.4) is 0 Å². The summed E-state index contributed by atoms with van der Waals surface area (Å²) in [6.45, 7) is 6.43. The van der Waals surface area contributed by atoms with Crippen molar-refractivity contribution in [2.75, 3.05) is 20.3 Å². The van der Waals surface area contributed by atoms with Crippen molar-refractivity contribution < 1.29 is 7.81 Å². The molecule has 0 spiro atoms. The Morgan fingerprint density at radius 3 is 1.88 bits per heavy atom. The third-order valence-electron chi connectivity index (χ3n) is 2.67. The van der Waals surface area contributed by atoms with Crippen molar-refractivity contribution in [1.29, 1.82) is 0 Å². The first-order chi connectivity index (χ1) is 7.85. The molecule has 0 aromatic heterocycles. The molecule has 0 atom stereocenters. The van der Waals surface area contributed by atoms with Crippen LogP contribution in [0.1, 0.15) is 52.4 Å². The summed E-state index contributed by atoms with van der Waals surface area (Å²) < 4.78 is 14.0. The van der Waals surface area contributed by atoms with Gasteiger partial charge in [-0.05, 0) is 0 Å². The van der Waals surface area contributed by atoms with E-state index in [1.165, 1.54) is 41.0 Å². The van der Waals surface area contributed by atoms with Crippen LogP contribution in [-0.4, -0.2) is 40.5 Å². The van der Waals surface area contributed by atoms with Crippen LogP contribution in [0.2, 0.25) is 8.87 Å². The van der Waals surface area contributed by atoms with Gasteiger partial charge in [0, 0.05) is 0 Å². The number of ether oxygens (including phenoxy) is 1. The first-order valence-corrected chi connectivity index (χ1v) is 12.0. The zero-order chi connectivity index (χ0) is 12.1. The minimum absolute atomic E-state index is 0.881. The first kappa shape index (κ1) is 16.7. The monoisotopic (exact) mass is 337 g/mol. The Balaban J connectivity index is 3.48. The molecule has 16 heavy (non-hydrogen) atoms. The van der Waals surface area contributed by atoms with Crippen molar-refractivity contribution in [2.45, 2.75) is 61.2 Å². The number of methoxy groups -OCH3 is 1. The Hall–Kier alpha value is 0.719. The van der Waals surface area contributed by atoms with Gasteiger partial charge in [0.2, 0.25) is 0 Å². The molecule has 3 heteroatoms. The molecule has 0 aliphatic carbocycles. The average Bonchev–Trinajstić information content (AvgIpc) is 2.31. The van der Waals surface area contributed by atoms with Crippen LogP contribution in [0, 0.1) is 0 Å². The van der Waals surface area contributed by atoms with Gasteiger partial charge in [0.05, 0.1) is 0 Å². The molecule has 0 aromatic rings. The normalized spacial score (nSPS) is 10.7. The second-order valence-electron chi connectivity index (χ2n) is 4.29. The maximum absolute atomic E-state index is 6.13. The first-order valence-electron chi connectivity index (χ1n) is 6.81. The molecule has 0 saturated heterocycles. The van der Waals surface area contributed by atoms with Crippen LogP contribution in [0.25, 0.3) is 0 Å². The van der Waals surface area contributed by atoms with E-state index < -0.39 is 20.2 Å². The Morgan fingerprint density at radius 2 is 1.38 bits per heavy atom. The average molecular weight is 336 g/mol. The molecular weight excluding hydrogens is 307 g/mol. The van der Waals surface area contributed by atoms with Crippen molar-refractivity contribution in [3.8, 4) is 0 Å². The van der Waals surface area contributed by atoms with Crippen LogP contribution < -0.4 is 0 Å². The fourth-order valence-corrected chi connectivity index (χ4v) is 8.62. The molecular formula is C13H29O2Sn+. The van der Waals surface area contributed by atoms with E-state index in [4.69, 9.17) is 7.81 Å². The predicted molar refractivity (Wildman–Crippen MR) is 72.2 cm³/mol. The molecule has 0 rings (SSSR count). The summed E-state index contributed by atoms with van der Waals surface area (Å²) in [5.74, 6) is 0. The van der Waals surface area contributed by atoms with Crippen molar-refractivity contribution in [3.63, 3.8) is 0 Å². The molecule has 0 bridgehead atoms. The van der Waals surface area contributed by atoms with Crippen molar-refractivity contribution in [1.82, 2.24) is 0 Å². The summed E-state index contributed by atoms with van der Waals surface area (Å²) >= 11 is -1.43. The molecule has 2 nitrogen and oxygen atoms in total. The molecule has 96 valence electrons. The van der Waals surface area contributed by atoms with E-state index in [9.17, 15) is 0 Å². The second-order valence-corrected chi connectivity index (χ2v) is 11.0. The van der Waals surface area contributed by atoms with E-state index >= 15 is 0 Å². The van der Waals surface area contributed by atoms with Gasteiger partial charge in [0.1, 0.15) is 0 Å². The van der Waals surface area contributed by atoms with E-state index in [1.54, 1.807) is 7.11 Å². The summed E-state index contributed by atoms with van der Waals surface area (Å²) in [7, 11) is 1.77. The van der Waals surface area contributed by atoms with Gasteiger partial charge in [-0.1, -0.05) is 0 Å². The van der Waals surface area contributed by atoms with E-state index in [1.807, 2.05) is 0 Å². The number of hydrogen-bond acceptors (Lipinski definition) is 2. The minimum atomic E-state index is -1.43. The van der Waals surface area contributed by atoms with Gasteiger partial charge in [0.15, 0.2) is 0 Å². The van der Waals surface area contributed by atoms with Crippen molar-refractivity contribution in [3.05, 3.63) is 0 Å². The summed E-state index contributed by atoms with van der Waals surface area (Å²) in [5, 5.41) is 0. The third-order valence-corrected chi connectivity index (χ3v) is 9.62. The van der Waals surface area contributed by atoms with Gasteiger partial charge < -0.3 is 0 Å². The molecule has 0 amide bonds. The molecule has 0 N–H and O–H groups in total. The van der Waals surface area contributed by atoms with E-state index in [0.29, 0.717) is 0 Å². The van der Waals surface area contributed by atoms with Gasteiger partial charge in [-0.25, -0.2) is 0 Å². The van der Waals surface area contributed by atoms with Gasteiger partial charge in [-0.2, -0.15) is 0 Å². The summed E-state index contributed by atoms with van der Waals surface area (Å²) in [4.78, 5) is 0. The molecule has 0 radical (unpaired) electrons. The van der Waals surface area contributed by atoms with Crippen LogP contribution in [0.5, 0.6) is 0 Å². The zero-order valence-electron chi connectivity index (χ0n) is 11.4. The molecule has 0 aliphatic heterocycles. The fourth-order valence-electron chi connectivity index (χ4n) is 1.58. The van der Waals surface area contributed by atoms with Gasteiger partial charge >= 0.3 is 110 Å². The van der Waals surface area contributed by atoms with Crippen LogP contribution in [0.4, 0.5) is 0 Å². The quantitative estimate of drug-likeness (QED) is 0.396. The Kier molecular flexibility index (Phi) is 14.4. The number of hydrogen-bond donors (Lipinski definition) is 0. The Bertz CT molecular complexity index is 123. The second kappa shape index (κ2) is 13.8. The maximum atomic E-state index is 6.13. The van der Waals surface area contributed by atoms with E-state index in [2.05, 4.69) is 13.8 Å². The molecule has 0 aliphatic rings. The molecule has 0 fully saturated rings. The van der Waals surface area contributed by atoms with E-state index in [-0.39, 0.29) is 0 Å². The van der Waals surface area contributed by atoms with Gasteiger partial charge in [0.25, 0.3) is 0 Å². The summed E-state index contributed by atoms with van der Waals surface area (Å²) in [6, 6.07) is 0. The van der Waals surface area contributed by atoms with Crippen LogP contribution in [-0.2, 0) is 7.81 Å². The Morgan fingerprint density at radius 1 is 0.812 bits per heavy atom. The summed E-state index contributed by atoms with van der Waals surface area (Å²) in [5.41, 5.74) is 0. The summed E-state index contributed by atoms with van der Waals surface area (Å²) in [6.07, 6.45) is 7.74. The topological polar surface area (TPSA) is 18.5 Å². The SMILES string of the molecule is CCC[CH2][Sn+]([CH2]CCC)[O]CCCCOC. The molecule has 0 heterocycles. The third kappa shape index (κ3) is 11.2. The van der Waals surface area contributed by atoms with Crippen LogP contribution >= 0.6 is 0 Å².